The molecule has 0 fully saturated rings. The van der Waals surface area contributed by atoms with Crippen LogP contribution in [0, 0.1) is 0 Å². The first-order valence-electron chi connectivity index (χ1n) is 34.2. The summed E-state index contributed by atoms with van der Waals surface area (Å²) in [7, 11) is 0. The normalized spacial score (nSPS) is 13.0. The average Bonchev–Trinajstić information content (AvgIpc) is 3.47. The zero-order chi connectivity index (χ0) is 59.2. The van der Waals surface area contributed by atoms with Crippen LogP contribution in [0.15, 0.2) is 134 Å². The van der Waals surface area contributed by atoms with E-state index in [4.69, 9.17) is 14.2 Å². The van der Waals surface area contributed by atoms with E-state index in [1.54, 1.807) is 0 Å². The molecule has 1 atom stereocenters. The molecule has 0 aromatic rings. The maximum absolute atomic E-state index is 12.9. The Bertz CT molecular complexity index is 1730. The number of carbonyl (C=O) groups excluding carboxylic acids is 3. The summed E-state index contributed by atoms with van der Waals surface area (Å²) in [6, 6.07) is 0. The summed E-state index contributed by atoms with van der Waals surface area (Å²) < 4.78 is 16.8. The van der Waals surface area contributed by atoms with E-state index < -0.39 is 6.10 Å². The molecule has 0 aromatic heterocycles. The van der Waals surface area contributed by atoms with Crippen molar-refractivity contribution < 1.29 is 28.6 Å². The van der Waals surface area contributed by atoms with Crippen LogP contribution in [0.3, 0.4) is 0 Å². The monoisotopic (exact) mass is 1130 g/mol. The lowest BCUT2D eigenvalue weighted by Gasteiger charge is -2.18. The number of hydrogen-bond acceptors (Lipinski definition) is 6. The van der Waals surface area contributed by atoms with Crippen LogP contribution < -0.4 is 0 Å². The number of carbonyl (C=O) groups is 3. The Labute approximate surface area is 506 Å². The summed E-state index contributed by atoms with van der Waals surface area (Å²) >= 11 is 0. The summed E-state index contributed by atoms with van der Waals surface area (Å²) in [5.74, 6) is -0.889. The predicted molar refractivity (Wildman–Crippen MR) is 357 cm³/mol. The quantitative estimate of drug-likeness (QED) is 0.0261. The molecule has 0 bridgehead atoms. The molecule has 0 radical (unpaired) electrons. The first kappa shape index (κ1) is 77.5. The predicted octanol–water partition coefficient (Wildman–Crippen LogP) is 23.7. The second-order valence-electron chi connectivity index (χ2n) is 22.3. The van der Waals surface area contributed by atoms with Gasteiger partial charge in [-0.2, -0.15) is 0 Å². The van der Waals surface area contributed by atoms with Gasteiger partial charge in [-0.25, -0.2) is 0 Å². The molecule has 0 aliphatic heterocycles. The average molecular weight is 1140 g/mol. The van der Waals surface area contributed by atoms with Crippen molar-refractivity contribution in [3.63, 3.8) is 0 Å². The Balaban J connectivity index is 4.08. The Morgan fingerprint density at radius 2 is 0.476 bits per heavy atom. The fraction of sp³-hybridized carbons (Fsp3) is 0.671. The van der Waals surface area contributed by atoms with Gasteiger partial charge in [-0.1, -0.05) is 309 Å². The molecule has 0 heterocycles. The molecule has 0 aromatic carbocycles. The third-order valence-electron chi connectivity index (χ3n) is 14.4. The van der Waals surface area contributed by atoms with Crippen LogP contribution in [0.5, 0.6) is 0 Å². The summed E-state index contributed by atoms with van der Waals surface area (Å²) in [4.78, 5) is 38.1. The lowest BCUT2D eigenvalue weighted by Crippen LogP contribution is -2.30. The minimum atomic E-state index is -0.781. The van der Waals surface area contributed by atoms with Crippen LogP contribution in [-0.2, 0) is 28.6 Å². The topological polar surface area (TPSA) is 78.9 Å². The molecular formula is C76H126O6. The first-order chi connectivity index (χ1) is 40.5. The third-order valence-corrected chi connectivity index (χ3v) is 14.4. The van der Waals surface area contributed by atoms with Crippen molar-refractivity contribution in [1.82, 2.24) is 0 Å². The fourth-order valence-electron chi connectivity index (χ4n) is 9.36. The minimum Gasteiger partial charge on any atom is -0.462 e. The highest BCUT2D eigenvalue weighted by Gasteiger charge is 2.19. The van der Waals surface area contributed by atoms with Crippen molar-refractivity contribution in [2.75, 3.05) is 13.2 Å². The standard InChI is InChI=1S/C76H126O6/c1-4-7-10-13-16-18-20-22-24-26-28-30-32-34-36-37-38-39-41-42-44-46-48-50-52-54-56-58-60-63-66-69-75(78)81-72-73(71-80-74(77)68-65-62-15-12-9-6-3)82-76(79)70-67-64-61-59-57-55-53-51-49-47-45-43-40-35-33-31-29-27-25-23-21-19-17-14-11-8-5-2/h7-8,10-11,16-19,22-25,28-31,34-36,38-40,73H,4-6,9,12-15,20-21,26-27,32-33,37,41-72H2,1-3H3/b10-7-,11-8-,18-16-,19-17-,24-22-,25-23-,30-28-,31-29-,36-34-,39-38-,40-35-. The van der Waals surface area contributed by atoms with Crippen LogP contribution in [0.25, 0.3) is 0 Å². The molecule has 0 spiro atoms. The molecule has 0 amide bonds. The molecule has 6 nitrogen and oxygen atoms in total. The van der Waals surface area contributed by atoms with Gasteiger partial charge in [0.25, 0.3) is 0 Å². The van der Waals surface area contributed by atoms with E-state index >= 15 is 0 Å². The number of allylic oxidation sites excluding steroid dienone is 22. The number of esters is 3. The number of rotatable bonds is 61. The van der Waals surface area contributed by atoms with E-state index in [9.17, 15) is 14.4 Å². The van der Waals surface area contributed by atoms with Crippen LogP contribution in [0.2, 0.25) is 0 Å². The van der Waals surface area contributed by atoms with Gasteiger partial charge in [0, 0.05) is 19.3 Å². The second-order valence-corrected chi connectivity index (χ2v) is 22.3. The Hall–Kier alpha value is -4.45. The molecule has 82 heavy (non-hydrogen) atoms. The summed E-state index contributed by atoms with van der Waals surface area (Å²) in [5.41, 5.74) is 0. The zero-order valence-corrected chi connectivity index (χ0v) is 53.5. The Morgan fingerprint density at radius 3 is 0.744 bits per heavy atom. The van der Waals surface area contributed by atoms with Crippen LogP contribution in [0.1, 0.15) is 310 Å². The second kappa shape index (κ2) is 69.0. The van der Waals surface area contributed by atoms with Crippen LogP contribution in [-0.4, -0.2) is 37.2 Å². The maximum atomic E-state index is 12.9. The molecule has 0 saturated heterocycles. The summed E-state index contributed by atoms with van der Waals surface area (Å²) in [6.07, 6.45) is 97.9. The van der Waals surface area contributed by atoms with Crippen molar-refractivity contribution >= 4 is 17.9 Å². The molecule has 0 saturated carbocycles. The molecule has 6 heteroatoms. The van der Waals surface area contributed by atoms with Gasteiger partial charge in [0.2, 0.25) is 0 Å². The van der Waals surface area contributed by atoms with Crippen molar-refractivity contribution in [3.05, 3.63) is 134 Å². The first-order valence-corrected chi connectivity index (χ1v) is 34.2. The van der Waals surface area contributed by atoms with Gasteiger partial charge >= 0.3 is 17.9 Å². The molecule has 0 N–H and O–H groups in total. The Kier molecular flexibility index (Phi) is 65.3. The van der Waals surface area contributed by atoms with Gasteiger partial charge in [-0.15, -0.1) is 0 Å². The molecule has 0 aliphatic carbocycles. The van der Waals surface area contributed by atoms with E-state index in [-0.39, 0.29) is 31.1 Å². The number of hydrogen-bond donors (Lipinski definition) is 0. The summed E-state index contributed by atoms with van der Waals surface area (Å²) in [5, 5.41) is 0. The highest BCUT2D eigenvalue weighted by Crippen LogP contribution is 2.16. The van der Waals surface area contributed by atoms with Crippen molar-refractivity contribution in [2.24, 2.45) is 0 Å². The molecule has 466 valence electrons. The van der Waals surface area contributed by atoms with Gasteiger partial charge in [-0.3, -0.25) is 14.4 Å². The summed E-state index contributed by atoms with van der Waals surface area (Å²) in [6.45, 7) is 6.37. The van der Waals surface area contributed by atoms with Crippen molar-refractivity contribution in [3.8, 4) is 0 Å². The van der Waals surface area contributed by atoms with Crippen LogP contribution >= 0.6 is 0 Å². The van der Waals surface area contributed by atoms with Crippen molar-refractivity contribution in [2.45, 2.75) is 316 Å². The van der Waals surface area contributed by atoms with E-state index in [0.717, 1.165) is 128 Å². The minimum absolute atomic E-state index is 0.0803. The fourth-order valence-corrected chi connectivity index (χ4v) is 9.36. The molecule has 1 unspecified atom stereocenters. The lowest BCUT2D eigenvalue weighted by atomic mass is 10.0. The Morgan fingerprint density at radius 1 is 0.256 bits per heavy atom. The molecular weight excluding hydrogens is 1010 g/mol. The smallest absolute Gasteiger partial charge is 0.306 e. The largest absolute Gasteiger partial charge is 0.462 e. The van der Waals surface area contributed by atoms with Gasteiger partial charge in [0.1, 0.15) is 13.2 Å². The van der Waals surface area contributed by atoms with E-state index in [1.807, 2.05) is 0 Å². The van der Waals surface area contributed by atoms with Gasteiger partial charge in [0.05, 0.1) is 0 Å². The van der Waals surface area contributed by atoms with Gasteiger partial charge in [-0.05, 0) is 116 Å². The van der Waals surface area contributed by atoms with Gasteiger partial charge in [0.15, 0.2) is 6.10 Å². The van der Waals surface area contributed by atoms with Crippen molar-refractivity contribution in [1.29, 1.82) is 0 Å². The van der Waals surface area contributed by atoms with E-state index in [1.165, 1.54) is 141 Å². The maximum Gasteiger partial charge on any atom is 0.306 e. The van der Waals surface area contributed by atoms with E-state index in [0.29, 0.717) is 19.3 Å². The van der Waals surface area contributed by atoms with Gasteiger partial charge < -0.3 is 14.2 Å². The molecule has 0 rings (SSSR count). The number of unbranched alkanes of at least 4 members (excludes halogenated alkanes) is 28. The van der Waals surface area contributed by atoms with E-state index in [2.05, 4.69) is 154 Å². The molecule has 0 aliphatic rings. The lowest BCUT2D eigenvalue weighted by molar-refractivity contribution is -0.167. The number of ether oxygens (including phenoxy) is 3. The zero-order valence-electron chi connectivity index (χ0n) is 53.5. The highest BCUT2D eigenvalue weighted by molar-refractivity contribution is 5.71. The third kappa shape index (κ3) is 66.4. The van der Waals surface area contributed by atoms with Crippen LogP contribution in [0.4, 0.5) is 0 Å². The SMILES string of the molecule is CC/C=C\C/C=C\C/C=C\C/C=C\C/C=C\C/C=C\CCCCCCCCCCCCCCC(=O)OCC(COC(=O)CCCCCCCC)OC(=O)CCCCCCCCCCCCC/C=C\C/C=C\C/C=C\C/C=C\C/C=C\CC. The highest BCUT2D eigenvalue weighted by atomic mass is 16.6.